The Kier molecular flexibility index (Phi) is 3.44. The van der Waals surface area contributed by atoms with E-state index < -0.39 is 0 Å². The van der Waals surface area contributed by atoms with Gasteiger partial charge in [-0.05, 0) is 61.9 Å². The maximum absolute atomic E-state index is 3.44. The zero-order valence-corrected chi connectivity index (χ0v) is 10.4. The molecule has 1 aromatic carbocycles. The number of nitrogens with one attached hydrogen (secondary N) is 2. The highest BCUT2D eigenvalue weighted by atomic mass is 14.9. The van der Waals surface area contributed by atoms with Crippen LogP contribution in [0, 0.1) is 5.92 Å². The van der Waals surface area contributed by atoms with Gasteiger partial charge in [-0.1, -0.05) is 24.3 Å². The number of benzene rings is 1. The van der Waals surface area contributed by atoms with Gasteiger partial charge in [-0.2, -0.15) is 0 Å². The monoisotopic (exact) mass is 230 g/mol. The van der Waals surface area contributed by atoms with Crippen LogP contribution in [-0.4, -0.2) is 26.2 Å². The summed E-state index contributed by atoms with van der Waals surface area (Å²) in [5.41, 5.74) is 3.02. The van der Waals surface area contributed by atoms with Crippen molar-refractivity contribution in [3.63, 3.8) is 0 Å². The second-order valence-electron chi connectivity index (χ2n) is 5.49. The van der Waals surface area contributed by atoms with E-state index in [1.165, 1.54) is 50.0 Å². The summed E-state index contributed by atoms with van der Waals surface area (Å²) in [5, 5.41) is 6.88. The molecule has 0 aromatic heterocycles. The van der Waals surface area contributed by atoms with Crippen molar-refractivity contribution in [1.82, 2.24) is 10.6 Å². The molecule has 0 amide bonds. The van der Waals surface area contributed by atoms with Gasteiger partial charge in [0.15, 0.2) is 0 Å². The Morgan fingerprint density at radius 3 is 2.35 bits per heavy atom. The molecule has 2 heteroatoms. The lowest BCUT2D eigenvalue weighted by Crippen LogP contribution is -2.11. The molecule has 2 aliphatic heterocycles. The molecule has 2 atom stereocenters. The van der Waals surface area contributed by atoms with Crippen LogP contribution in [0.3, 0.4) is 0 Å². The molecule has 17 heavy (non-hydrogen) atoms. The van der Waals surface area contributed by atoms with Crippen LogP contribution in [-0.2, 0) is 6.42 Å². The van der Waals surface area contributed by atoms with Crippen LogP contribution in [0.2, 0.25) is 0 Å². The predicted molar refractivity (Wildman–Crippen MR) is 71.4 cm³/mol. The minimum Gasteiger partial charge on any atom is -0.316 e. The summed E-state index contributed by atoms with van der Waals surface area (Å²) in [6.07, 6.45) is 3.89. The fourth-order valence-corrected chi connectivity index (χ4v) is 3.09. The third-order valence-corrected chi connectivity index (χ3v) is 4.20. The van der Waals surface area contributed by atoms with E-state index in [0.29, 0.717) is 0 Å². The van der Waals surface area contributed by atoms with E-state index in [0.717, 1.165) is 18.4 Å². The first-order chi connectivity index (χ1) is 8.42. The van der Waals surface area contributed by atoms with Crippen LogP contribution < -0.4 is 10.6 Å². The SMILES string of the molecule is c1cc(C2CCNC2)ccc1CC1CCNC1. The first-order valence-corrected chi connectivity index (χ1v) is 6.92. The van der Waals surface area contributed by atoms with Gasteiger partial charge in [0, 0.05) is 6.54 Å². The predicted octanol–water partition coefficient (Wildman–Crippen LogP) is 1.92. The molecule has 2 nitrogen and oxygen atoms in total. The summed E-state index contributed by atoms with van der Waals surface area (Å²) in [5.74, 6) is 1.60. The van der Waals surface area contributed by atoms with Crippen molar-refractivity contribution >= 4 is 0 Å². The molecular formula is C15H22N2. The summed E-state index contributed by atoms with van der Waals surface area (Å²) < 4.78 is 0. The lowest BCUT2D eigenvalue weighted by molar-refractivity contribution is 0.580. The summed E-state index contributed by atoms with van der Waals surface area (Å²) in [7, 11) is 0. The fourth-order valence-electron chi connectivity index (χ4n) is 3.09. The van der Waals surface area contributed by atoms with Gasteiger partial charge in [0.25, 0.3) is 0 Å². The fraction of sp³-hybridized carbons (Fsp3) is 0.600. The summed E-state index contributed by atoms with van der Waals surface area (Å²) in [6, 6.07) is 9.36. The molecule has 1 aromatic rings. The quantitative estimate of drug-likeness (QED) is 0.829. The average Bonchev–Trinajstić information content (AvgIpc) is 3.01. The number of rotatable bonds is 3. The van der Waals surface area contributed by atoms with Crippen molar-refractivity contribution in [1.29, 1.82) is 0 Å². The number of hydrogen-bond donors (Lipinski definition) is 2. The van der Waals surface area contributed by atoms with Crippen LogP contribution >= 0.6 is 0 Å². The van der Waals surface area contributed by atoms with E-state index in [-0.39, 0.29) is 0 Å². The van der Waals surface area contributed by atoms with Gasteiger partial charge >= 0.3 is 0 Å². The topological polar surface area (TPSA) is 24.1 Å². The van der Waals surface area contributed by atoms with Crippen molar-refractivity contribution in [2.24, 2.45) is 5.92 Å². The Morgan fingerprint density at radius 1 is 0.941 bits per heavy atom. The van der Waals surface area contributed by atoms with Crippen molar-refractivity contribution in [2.45, 2.75) is 25.2 Å². The third-order valence-electron chi connectivity index (χ3n) is 4.20. The Hall–Kier alpha value is -0.860. The average molecular weight is 230 g/mol. The van der Waals surface area contributed by atoms with Gasteiger partial charge in [-0.25, -0.2) is 0 Å². The van der Waals surface area contributed by atoms with E-state index in [1.807, 2.05) is 0 Å². The molecule has 0 bridgehead atoms. The molecule has 2 saturated heterocycles. The molecule has 0 aliphatic carbocycles. The minimum absolute atomic E-state index is 0.747. The van der Waals surface area contributed by atoms with Gasteiger partial charge in [0.2, 0.25) is 0 Å². The molecule has 2 heterocycles. The Morgan fingerprint density at radius 2 is 1.71 bits per heavy atom. The molecule has 2 N–H and O–H groups in total. The zero-order chi connectivity index (χ0) is 11.5. The van der Waals surface area contributed by atoms with E-state index in [1.54, 1.807) is 0 Å². The lowest BCUT2D eigenvalue weighted by atomic mass is 9.94. The second kappa shape index (κ2) is 5.19. The first kappa shape index (κ1) is 11.2. The molecule has 0 saturated carbocycles. The van der Waals surface area contributed by atoms with Gasteiger partial charge in [0.05, 0.1) is 0 Å². The van der Waals surface area contributed by atoms with Crippen molar-refractivity contribution in [3.05, 3.63) is 35.4 Å². The molecule has 92 valence electrons. The largest absolute Gasteiger partial charge is 0.316 e. The van der Waals surface area contributed by atoms with Gasteiger partial charge in [-0.3, -0.25) is 0 Å². The Bertz CT molecular complexity index is 346. The molecule has 2 unspecified atom stereocenters. The molecule has 0 spiro atoms. The molecule has 2 aliphatic rings. The normalized spacial score (nSPS) is 28.7. The van der Waals surface area contributed by atoms with Crippen LogP contribution in [0.5, 0.6) is 0 Å². The van der Waals surface area contributed by atoms with Crippen molar-refractivity contribution in [2.75, 3.05) is 26.2 Å². The smallest absolute Gasteiger partial charge is 0.00206 e. The third kappa shape index (κ3) is 2.70. The highest BCUT2D eigenvalue weighted by Gasteiger charge is 2.17. The zero-order valence-electron chi connectivity index (χ0n) is 10.4. The minimum atomic E-state index is 0.747. The van der Waals surface area contributed by atoms with E-state index in [9.17, 15) is 0 Å². The van der Waals surface area contributed by atoms with E-state index >= 15 is 0 Å². The first-order valence-electron chi connectivity index (χ1n) is 6.92. The van der Waals surface area contributed by atoms with Crippen LogP contribution in [0.15, 0.2) is 24.3 Å². The van der Waals surface area contributed by atoms with Crippen LogP contribution in [0.4, 0.5) is 0 Å². The van der Waals surface area contributed by atoms with Crippen molar-refractivity contribution in [3.8, 4) is 0 Å². The number of hydrogen-bond acceptors (Lipinski definition) is 2. The van der Waals surface area contributed by atoms with Gasteiger partial charge in [0.1, 0.15) is 0 Å². The van der Waals surface area contributed by atoms with Crippen LogP contribution in [0.1, 0.15) is 29.9 Å². The molecule has 2 fully saturated rings. The van der Waals surface area contributed by atoms with E-state index in [2.05, 4.69) is 34.9 Å². The Labute approximate surface area is 104 Å². The highest BCUT2D eigenvalue weighted by molar-refractivity contribution is 5.26. The van der Waals surface area contributed by atoms with E-state index in [4.69, 9.17) is 0 Å². The van der Waals surface area contributed by atoms with Crippen LogP contribution in [0.25, 0.3) is 0 Å². The maximum Gasteiger partial charge on any atom is 0.00206 e. The summed E-state index contributed by atoms with van der Waals surface area (Å²) in [4.78, 5) is 0. The summed E-state index contributed by atoms with van der Waals surface area (Å²) >= 11 is 0. The molecule has 0 radical (unpaired) electrons. The molecular weight excluding hydrogens is 208 g/mol. The summed E-state index contributed by atoms with van der Waals surface area (Å²) in [6.45, 7) is 4.75. The maximum atomic E-state index is 3.44. The van der Waals surface area contributed by atoms with Gasteiger partial charge in [-0.15, -0.1) is 0 Å². The highest BCUT2D eigenvalue weighted by Crippen LogP contribution is 2.23. The standard InChI is InChI=1S/C15H22N2/c1-3-14(15-6-8-17-11-15)4-2-12(1)9-13-5-7-16-10-13/h1-4,13,15-17H,5-11H2. The van der Waals surface area contributed by atoms with Gasteiger partial charge < -0.3 is 10.6 Å². The lowest BCUT2D eigenvalue weighted by Gasteiger charge is -2.11. The Balaban J connectivity index is 1.62. The second-order valence-corrected chi connectivity index (χ2v) is 5.49. The molecule has 3 rings (SSSR count). The van der Waals surface area contributed by atoms with Crippen molar-refractivity contribution < 1.29 is 0 Å².